The Hall–Kier alpha value is -2.45. The molecule has 140 valence electrons. The molecule has 0 saturated heterocycles. The maximum Gasteiger partial charge on any atom is 0.266 e. The van der Waals surface area contributed by atoms with Crippen molar-refractivity contribution in [3.63, 3.8) is 0 Å². The first-order valence-corrected chi connectivity index (χ1v) is 9.90. The number of likely N-dealkylation sites (N-methyl/N-ethyl adjacent to an activating group) is 1. The van der Waals surface area contributed by atoms with Crippen LogP contribution >= 0.6 is 27.3 Å². The lowest BCUT2D eigenvalue weighted by Gasteiger charge is -2.15. The molecule has 3 aromatic rings. The fourth-order valence-electron chi connectivity index (χ4n) is 2.25. The zero-order valence-electron chi connectivity index (χ0n) is 14.9. The molecule has 6 nitrogen and oxygen atoms in total. The molecule has 0 unspecified atom stereocenters. The highest BCUT2D eigenvalue weighted by Crippen LogP contribution is 2.30. The Kier molecular flexibility index (Phi) is 6.41. The third-order valence-electron chi connectivity index (χ3n) is 3.67. The molecule has 0 aliphatic carbocycles. The standard InChI is InChI=1S/C19H18BrN3O3S/c1-3-25-15-6-4-5-7-16(15)26-12-17(24)23(2)19-22-21-18(27-19)13-8-10-14(20)11-9-13/h4-11H,3,12H2,1-2H3. The second-order valence-corrected chi connectivity index (χ2v) is 7.39. The van der Waals surface area contributed by atoms with Gasteiger partial charge in [0.25, 0.3) is 5.91 Å². The van der Waals surface area contributed by atoms with Crippen LogP contribution in [-0.2, 0) is 4.79 Å². The molecule has 0 radical (unpaired) electrons. The van der Waals surface area contributed by atoms with E-state index in [4.69, 9.17) is 9.47 Å². The molecule has 2 aromatic carbocycles. The predicted octanol–water partition coefficient (Wildman–Crippen LogP) is 4.41. The van der Waals surface area contributed by atoms with E-state index < -0.39 is 0 Å². The van der Waals surface area contributed by atoms with Crippen LogP contribution in [0.25, 0.3) is 10.6 Å². The quantitative estimate of drug-likeness (QED) is 0.536. The summed E-state index contributed by atoms with van der Waals surface area (Å²) in [5.41, 5.74) is 0.949. The Morgan fingerprint density at radius 2 is 1.74 bits per heavy atom. The number of para-hydroxylation sites is 2. The van der Waals surface area contributed by atoms with Crippen molar-refractivity contribution in [3.05, 3.63) is 53.0 Å². The second-order valence-electron chi connectivity index (χ2n) is 5.52. The van der Waals surface area contributed by atoms with Crippen LogP contribution in [0, 0.1) is 0 Å². The van der Waals surface area contributed by atoms with Gasteiger partial charge in [-0.2, -0.15) is 0 Å². The summed E-state index contributed by atoms with van der Waals surface area (Å²) in [4.78, 5) is 13.9. The van der Waals surface area contributed by atoms with Crippen LogP contribution in [0.2, 0.25) is 0 Å². The van der Waals surface area contributed by atoms with E-state index in [0.29, 0.717) is 23.2 Å². The second kappa shape index (κ2) is 8.96. The molecule has 3 rings (SSSR count). The predicted molar refractivity (Wildman–Crippen MR) is 110 cm³/mol. The van der Waals surface area contributed by atoms with Gasteiger partial charge < -0.3 is 9.47 Å². The van der Waals surface area contributed by atoms with Crippen molar-refractivity contribution in [2.24, 2.45) is 0 Å². The third-order valence-corrected chi connectivity index (χ3v) is 5.24. The molecule has 1 amide bonds. The summed E-state index contributed by atoms with van der Waals surface area (Å²) in [5, 5.41) is 9.56. The van der Waals surface area contributed by atoms with E-state index in [-0.39, 0.29) is 12.5 Å². The number of amides is 1. The molecular weight excluding hydrogens is 430 g/mol. The molecule has 0 spiro atoms. The van der Waals surface area contributed by atoms with E-state index >= 15 is 0 Å². The number of anilines is 1. The van der Waals surface area contributed by atoms with Gasteiger partial charge in [0.15, 0.2) is 18.1 Å². The van der Waals surface area contributed by atoms with Crippen molar-refractivity contribution in [2.75, 3.05) is 25.2 Å². The molecule has 0 aliphatic rings. The third kappa shape index (κ3) is 4.84. The fourth-order valence-corrected chi connectivity index (χ4v) is 3.34. The number of aromatic nitrogens is 2. The highest BCUT2D eigenvalue weighted by Gasteiger charge is 2.18. The summed E-state index contributed by atoms with van der Waals surface area (Å²) in [7, 11) is 1.66. The zero-order chi connectivity index (χ0) is 19.2. The lowest BCUT2D eigenvalue weighted by Crippen LogP contribution is -2.31. The van der Waals surface area contributed by atoms with Crippen molar-refractivity contribution >= 4 is 38.3 Å². The molecule has 1 heterocycles. The Morgan fingerprint density at radius 3 is 2.41 bits per heavy atom. The van der Waals surface area contributed by atoms with E-state index in [2.05, 4.69) is 26.1 Å². The van der Waals surface area contributed by atoms with Crippen LogP contribution in [0.4, 0.5) is 5.13 Å². The van der Waals surface area contributed by atoms with Gasteiger partial charge in [0, 0.05) is 17.1 Å². The topological polar surface area (TPSA) is 64.6 Å². The maximum atomic E-state index is 12.5. The zero-order valence-corrected chi connectivity index (χ0v) is 17.3. The maximum absolute atomic E-state index is 12.5. The molecule has 0 fully saturated rings. The van der Waals surface area contributed by atoms with Gasteiger partial charge in [0.2, 0.25) is 5.13 Å². The van der Waals surface area contributed by atoms with Crippen LogP contribution in [0.15, 0.2) is 53.0 Å². The number of carbonyl (C=O) groups is 1. The number of nitrogens with zero attached hydrogens (tertiary/aromatic N) is 3. The highest BCUT2D eigenvalue weighted by molar-refractivity contribution is 9.10. The Labute approximate surface area is 169 Å². The number of benzene rings is 2. The number of halogens is 1. The number of hydrogen-bond donors (Lipinski definition) is 0. The van der Waals surface area contributed by atoms with Crippen LogP contribution in [0.5, 0.6) is 11.5 Å². The van der Waals surface area contributed by atoms with Gasteiger partial charge in [-0.1, -0.05) is 51.5 Å². The van der Waals surface area contributed by atoms with Crippen LogP contribution in [0.3, 0.4) is 0 Å². The number of ether oxygens (including phenoxy) is 2. The number of hydrogen-bond acceptors (Lipinski definition) is 6. The van der Waals surface area contributed by atoms with Gasteiger partial charge in [-0.05, 0) is 31.2 Å². The van der Waals surface area contributed by atoms with E-state index in [1.807, 2.05) is 49.4 Å². The minimum Gasteiger partial charge on any atom is -0.490 e. The average Bonchev–Trinajstić information content (AvgIpc) is 3.17. The first-order valence-electron chi connectivity index (χ1n) is 8.29. The lowest BCUT2D eigenvalue weighted by molar-refractivity contribution is -0.120. The van der Waals surface area contributed by atoms with E-state index in [1.54, 1.807) is 13.1 Å². The summed E-state index contributed by atoms with van der Waals surface area (Å²) in [6, 6.07) is 15.0. The van der Waals surface area contributed by atoms with Crippen LogP contribution in [-0.4, -0.2) is 36.4 Å². The molecule has 0 aliphatic heterocycles. The molecule has 0 saturated carbocycles. The molecule has 0 bridgehead atoms. The fraction of sp³-hybridized carbons (Fsp3) is 0.211. The molecule has 0 N–H and O–H groups in total. The van der Waals surface area contributed by atoms with Crippen LogP contribution < -0.4 is 14.4 Å². The highest BCUT2D eigenvalue weighted by atomic mass is 79.9. The summed E-state index contributed by atoms with van der Waals surface area (Å²) >= 11 is 4.76. The van der Waals surface area contributed by atoms with E-state index in [9.17, 15) is 4.79 Å². The molecule has 27 heavy (non-hydrogen) atoms. The largest absolute Gasteiger partial charge is 0.490 e. The molecule has 1 aromatic heterocycles. The van der Waals surface area contributed by atoms with Gasteiger partial charge in [-0.3, -0.25) is 9.69 Å². The minimum atomic E-state index is -0.222. The van der Waals surface area contributed by atoms with Gasteiger partial charge in [-0.25, -0.2) is 0 Å². The Bertz CT molecular complexity index is 915. The minimum absolute atomic E-state index is 0.117. The van der Waals surface area contributed by atoms with Gasteiger partial charge in [0.05, 0.1) is 6.61 Å². The first-order chi connectivity index (χ1) is 13.1. The normalized spacial score (nSPS) is 10.5. The Morgan fingerprint density at radius 1 is 1.07 bits per heavy atom. The van der Waals surface area contributed by atoms with Gasteiger partial charge in [-0.15, -0.1) is 10.2 Å². The summed E-state index contributed by atoms with van der Waals surface area (Å²) < 4.78 is 12.1. The van der Waals surface area contributed by atoms with E-state index in [1.165, 1.54) is 16.2 Å². The molecule has 0 atom stereocenters. The van der Waals surface area contributed by atoms with Crippen molar-refractivity contribution in [3.8, 4) is 22.1 Å². The molecular formula is C19H18BrN3O3S. The Balaban J connectivity index is 1.65. The summed E-state index contributed by atoms with van der Waals surface area (Å²) in [5.74, 6) is 0.928. The van der Waals surface area contributed by atoms with Crippen molar-refractivity contribution in [1.82, 2.24) is 10.2 Å². The van der Waals surface area contributed by atoms with E-state index in [0.717, 1.165) is 15.0 Å². The number of rotatable bonds is 7. The lowest BCUT2D eigenvalue weighted by atomic mass is 10.2. The van der Waals surface area contributed by atoms with Crippen molar-refractivity contribution in [1.29, 1.82) is 0 Å². The van der Waals surface area contributed by atoms with Crippen molar-refractivity contribution < 1.29 is 14.3 Å². The van der Waals surface area contributed by atoms with Crippen molar-refractivity contribution in [2.45, 2.75) is 6.92 Å². The monoisotopic (exact) mass is 447 g/mol. The SMILES string of the molecule is CCOc1ccccc1OCC(=O)N(C)c1nnc(-c2ccc(Br)cc2)s1. The smallest absolute Gasteiger partial charge is 0.266 e. The van der Waals surface area contributed by atoms with Gasteiger partial charge in [0.1, 0.15) is 5.01 Å². The summed E-state index contributed by atoms with van der Waals surface area (Å²) in [6.45, 7) is 2.31. The number of carbonyl (C=O) groups excluding carboxylic acids is 1. The molecule has 8 heteroatoms. The van der Waals surface area contributed by atoms with Crippen LogP contribution in [0.1, 0.15) is 6.92 Å². The average molecular weight is 448 g/mol. The summed E-state index contributed by atoms with van der Waals surface area (Å²) in [6.07, 6.45) is 0. The first kappa shape index (κ1) is 19.3. The van der Waals surface area contributed by atoms with Gasteiger partial charge >= 0.3 is 0 Å².